The molecule has 0 saturated carbocycles. The number of para-hydroxylation sites is 2. The molecule has 2 aromatic carbocycles. The Morgan fingerprint density at radius 1 is 0.540 bits per heavy atom. The van der Waals surface area contributed by atoms with Crippen LogP contribution in [0.4, 0.5) is 11.4 Å². The molecule has 0 aromatic heterocycles. The zero-order chi connectivity index (χ0) is 45.2. The Morgan fingerprint density at radius 3 is 1.62 bits per heavy atom. The molecule has 0 fully saturated rings. The molecule has 2 heterocycles. The quantitative estimate of drug-likeness (QED) is 0.0416. The van der Waals surface area contributed by atoms with Crippen LogP contribution in [0.1, 0.15) is 206 Å². The highest BCUT2D eigenvalue weighted by atomic mass is 16.4. The number of rotatable bonds is 34. The molecular formula is C57H85N2O4+. The van der Waals surface area contributed by atoms with Gasteiger partial charge in [0, 0.05) is 41.1 Å². The average Bonchev–Trinajstić information content (AvgIpc) is 3.69. The summed E-state index contributed by atoms with van der Waals surface area (Å²) in [5.41, 5.74) is 7.20. The van der Waals surface area contributed by atoms with Crippen molar-refractivity contribution in [3.63, 3.8) is 0 Å². The van der Waals surface area contributed by atoms with Gasteiger partial charge in [-0.05, 0) is 43.4 Å². The largest absolute Gasteiger partial charge is 0.481 e. The maximum atomic E-state index is 12.0. The van der Waals surface area contributed by atoms with Crippen LogP contribution in [-0.4, -0.2) is 45.5 Å². The summed E-state index contributed by atoms with van der Waals surface area (Å²) in [6, 6.07) is 17.5. The Bertz CT molecular complexity index is 1840. The molecule has 0 amide bonds. The number of carbonyl (C=O) groups is 2. The summed E-state index contributed by atoms with van der Waals surface area (Å²) in [7, 11) is 0. The summed E-state index contributed by atoms with van der Waals surface area (Å²) in [6.07, 6.45) is 44.5. The third-order valence-electron chi connectivity index (χ3n) is 13.9. The van der Waals surface area contributed by atoms with Crippen LogP contribution in [0.2, 0.25) is 0 Å². The Labute approximate surface area is 383 Å². The number of carboxylic acids is 2. The number of hydrogen-bond acceptors (Lipinski definition) is 3. The first-order chi connectivity index (χ1) is 30.8. The van der Waals surface area contributed by atoms with Gasteiger partial charge in [-0.3, -0.25) is 9.59 Å². The number of anilines is 1. The van der Waals surface area contributed by atoms with Gasteiger partial charge < -0.3 is 15.1 Å². The zero-order valence-electron chi connectivity index (χ0n) is 40.1. The second-order valence-corrected chi connectivity index (χ2v) is 18.5. The average molecular weight is 862 g/mol. The molecule has 0 saturated heterocycles. The van der Waals surface area contributed by atoms with Gasteiger partial charge in [-0.1, -0.05) is 223 Å². The molecule has 2 aliphatic rings. The molecule has 0 spiro atoms. The monoisotopic (exact) mass is 862 g/mol. The van der Waals surface area contributed by atoms with E-state index in [1.165, 1.54) is 112 Å². The molecule has 6 heteroatoms. The van der Waals surface area contributed by atoms with Gasteiger partial charge in [0.1, 0.15) is 6.42 Å². The number of unbranched alkanes of at least 4 members (excludes halogenated alkanes) is 16. The fraction of sp³-hybridized carbons (Fsp3) is 0.596. The van der Waals surface area contributed by atoms with Crippen molar-refractivity contribution < 1.29 is 24.4 Å². The van der Waals surface area contributed by atoms with Crippen molar-refractivity contribution in [3.8, 4) is 0 Å². The fourth-order valence-electron chi connectivity index (χ4n) is 10.5. The molecule has 2 aromatic rings. The minimum absolute atomic E-state index is 0.0900. The zero-order valence-corrected chi connectivity index (χ0v) is 40.1. The van der Waals surface area contributed by atoms with Crippen molar-refractivity contribution in [3.05, 3.63) is 108 Å². The summed E-state index contributed by atoms with van der Waals surface area (Å²) < 4.78 is 2.31. The van der Waals surface area contributed by atoms with Crippen molar-refractivity contribution >= 4 is 29.0 Å². The number of hydrogen-bond donors (Lipinski definition) is 2. The van der Waals surface area contributed by atoms with Gasteiger partial charge in [0.15, 0.2) is 12.3 Å². The van der Waals surface area contributed by atoms with Crippen LogP contribution in [0, 0.1) is 0 Å². The molecule has 0 radical (unpaired) electrons. The fourth-order valence-corrected chi connectivity index (χ4v) is 10.5. The molecule has 6 nitrogen and oxygen atoms in total. The topological polar surface area (TPSA) is 80.9 Å². The normalized spacial score (nSPS) is 19.1. The molecule has 2 unspecified atom stereocenters. The summed E-state index contributed by atoms with van der Waals surface area (Å²) >= 11 is 0. The highest BCUT2D eigenvalue weighted by Gasteiger charge is 2.50. The SMILES string of the molecule is CCCCCCCCCCC1(CCCC)C(/C=C/C=C/C=C/C=C2/N(CCC(=O)O)c3ccccc3C2(CCCC)CCCCCCCCCC)=[N+](CCC(=O)O)c2ccccc21. The lowest BCUT2D eigenvalue weighted by atomic mass is 9.70. The van der Waals surface area contributed by atoms with Crippen LogP contribution >= 0.6 is 0 Å². The van der Waals surface area contributed by atoms with E-state index in [0.29, 0.717) is 13.1 Å². The summed E-state index contributed by atoms with van der Waals surface area (Å²) in [5.74, 6) is -1.54. The summed E-state index contributed by atoms with van der Waals surface area (Å²) in [4.78, 5) is 26.2. The molecule has 0 bridgehead atoms. The van der Waals surface area contributed by atoms with Crippen molar-refractivity contribution in [2.24, 2.45) is 0 Å². The van der Waals surface area contributed by atoms with Gasteiger partial charge in [-0.2, -0.15) is 4.58 Å². The number of carboxylic acid groups (broad SMARTS) is 2. The Morgan fingerprint density at radius 2 is 1.02 bits per heavy atom. The van der Waals surface area contributed by atoms with E-state index in [2.05, 4.69) is 128 Å². The number of fused-ring (bicyclic) bond motifs is 2. The van der Waals surface area contributed by atoms with Gasteiger partial charge in [-0.15, -0.1) is 0 Å². The molecule has 346 valence electrons. The standard InChI is InChI=1S/C57H84N2O4/c1-5-9-13-15-17-19-24-32-44-56(42-11-7-3)48-34-28-30-36-50(48)58(46-40-54(60)61)52(56)38-26-22-21-23-27-39-53-57(43-12-8-4,45-33-25-20-18-16-14-10-6-2)49-35-29-31-37-51(49)59(53)47-41-55(62)63/h21-23,26-31,34-39H,5-20,24-25,32-33,40-47H2,1-4H3,(H-,60,61,62,63)/p+1. The van der Waals surface area contributed by atoms with E-state index in [1.807, 2.05) is 0 Å². The predicted octanol–water partition coefficient (Wildman–Crippen LogP) is 15.7. The smallest absolute Gasteiger partial charge is 0.309 e. The summed E-state index contributed by atoms with van der Waals surface area (Å²) in [6.45, 7) is 9.99. The first kappa shape index (κ1) is 51.4. The molecule has 4 rings (SSSR count). The lowest BCUT2D eigenvalue weighted by Crippen LogP contribution is -2.35. The van der Waals surface area contributed by atoms with E-state index in [0.717, 1.165) is 75.6 Å². The van der Waals surface area contributed by atoms with Gasteiger partial charge >= 0.3 is 11.9 Å². The van der Waals surface area contributed by atoms with Crippen LogP contribution in [-0.2, 0) is 20.4 Å². The minimum atomic E-state index is -0.771. The second-order valence-electron chi connectivity index (χ2n) is 18.5. The maximum Gasteiger partial charge on any atom is 0.309 e. The van der Waals surface area contributed by atoms with E-state index < -0.39 is 11.9 Å². The first-order valence-electron chi connectivity index (χ1n) is 25.6. The number of allylic oxidation sites excluding steroid dienone is 8. The summed E-state index contributed by atoms with van der Waals surface area (Å²) in [5, 5.41) is 19.6. The Hall–Kier alpha value is -4.19. The number of aliphatic carboxylic acids is 2. The molecule has 2 N–H and O–H groups in total. The molecular weight excluding hydrogens is 777 g/mol. The van der Waals surface area contributed by atoms with Gasteiger partial charge in [0.2, 0.25) is 5.69 Å². The van der Waals surface area contributed by atoms with E-state index in [9.17, 15) is 19.8 Å². The Balaban J connectivity index is 1.64. The lowest BCUT2D eigenvalue weighted by molar-refractivity contribution is -0.436. The number of nitrogens with zero attached hydrogens (tertiary/aromatic N) is 2. The van der Waals surface area contributed by atoms with Gasteiger partial charge in [-0.25, -0.2) is 0 Å². The molecule has 2 atom stereocenters. The third kappa shape index (κ3) is 14.9. The second kappa shape index (κ2) is 28.6. The van der Waals surface area contributed by atoms with E-state index >= 15 is 0 Å². The minimum Gasteiger partial charge on any atom is -0.481 e. The molecule has 0 aliphatic carbocycles. The van der Waals surface area contributed by atoms with Crippen LogP contribution in [0.25, 0.3) is 0 Å². The first-order valence-corrected chi connectivity index (χ1v) is 25.6. The molecule has 2 aliphatic heterocycles. The third-order valence-corrected chi connectivity index (χ3v) is 13.9. The van der Waals surface area contributed by atoms with E-state index in [4.69, 9.17) is 0 Å². The number of benzene rings is 2. The molecule has 63 heavy (non-hydrogen) atoms. The van der Waals surface area contributed by atoms with Crippen molar-refractivity contribution in [2.75, 3.05) is 18.0 Å². The van der Waals surface area contributed by atoms with Crippen molar-refractivity contribution in [1.82, 2.24) is 0 Å². The van der Waals surface area contributed by atoms with Crippen LogP contribution in [0.15, 0.2) is 96.8 Å². The van der Waals surface area contributed by atoms with Crippen molar-refractivity contribution in [1.29, 1.82) is 0 Å². The highest BCUT2D eigenvalue weighted by molar-refractivity contribution is 6.04. The predicted molar refractivity (Wildman–Crippen MR) is 267 cm³/mol. The van der Waals surface area contributed by atoms with E-state index in [-0.39, 0.29) is 23.7 Å². The lowest BCUT2D eigenvalue weighted by Gasteiger charge is -2.34. The highest BCUT2D eigenvalue weighted by Crippen LogP contribution is 2.54. The van der Waals surface area contributed by atoms with E-state index in [1.54, 1.807) is 0 Å². The van der Waals surface area contributed by atoms with Crippen LogP contribution in [0.3, 0.4) is 0 Å². The van der Waals surface area contributed by atoms with Gasteiger partial charge in [0.05, 0.1) is 11.8 Å². The van der Waals surface area contributed by atoms with Crippen LogP contribution < -0.4 is 4.90 Å². The van der Waals surface area contributed by atoms with Crippen molar-refractivity contribution in [2.45, 2.75) is 205 Å². The maximum absolute atomic E-state index is 12.0. The Kier molecular flexibility index (Phi) is 23.3. The van der Waals surface area contributed by atoms with Crippen LogP contribution in [0.5, 0.6) is 0 Å². The van der Waals surface area contributed by atoms with Gasteiger partial charge in [0.25, 0.3) is 0 Å².